The first-order valence-corrected chi connectivity index (χ1v) is 5.80. The summed E-state index contributed by atoms with van der Waals surface area (Å²) in [5.74, 6) is -0.425. The highest BCUT2D eigenvalue weighted by Crippen LogP contribution is 2.41. The maximum Gasteiger partial charge on any atom is 0.266 e. The number of rotatable bonds is 0. The third-order valence-corrected chi connectivity index (χ3v) is 3.71. The fraction of sp³-hybridized carbons (Fsp3) is 0.818. The summed E-state index contributed by atoms with van der Waals surface area (Å²) in [7, 11) is 0. The van der Waals surface area contributed by atoms with Crippen molar-refractivity contribution in [3.05, 3.63) is 0 Å². The van der Waals surface area contributed by atoms with Gasteiger partial charge in [-0.2, -0.15) is 0 Å². The zero-order valence-electron chi connectivity index (χ0n) is 9.41. The first kappa shape index (κ1) is 10.2. The average Bonchev–Trinajstić information content (AvgIpc) is 2.81. The summed E-state index contributed by atoms with van der Waals surface area (Å²) in [5.41, 5.74) is 0.214. The van der Waals surface area contributed by atoms with E-state index in [1.54, 1.807) is 6.92 Å². The van der Waals surface area contributed by atoms with Crippen molar-refractivity contribution in [3.8, 4) is 0 Å². The molecule has 1 N–H and O–H groups in total. The van der Waals surface area contributed by atoms with Crippen LogP contribution >= 0.6 is 0 Å². The normalized spacial score (nSPS) is 30.8. The molecule has 0 unspecified atom stereocenters. The predicted octanol–water partition coefficient (Wildman–Crippen LogP) is 0.591. The molecule has 2 aliphatic heterocycles. The SMILES string of the molecule is CC1=NC2(CCC3(CC2)OCCO3)NC1=O. The van der Waals surface area contributed by atoms with Crippen molar-refractivity contribution in [3.63, 3.8) is 0 Å². The summed E-state index contributed by atoms with van der Waals surface area (Å²) in [6.45, 7) is 3.13. The van der Waals surface area contributed by atoms with Crippen molar-refractivity contribution in [1.29, 1.82) is 0 Å². The molecule has 1 saturated heterocycles. The molecule has 0 radical (unpaired) electrons. The summed E-state index contributed by atoms with van der Waals surface area (Å²) in [6.07, 6.45) is 3.22. The van der Waals surface area contributed by atoms with Crippen LogP contribution in [0.15, 0.2) is 4.99 Å². The van der Waals surface area contributed by atoms with E-state index < -0.39 is 0 Å². The van der Waals surface area contributed by atoms with E-state index in [2.05, 4.69) is 10.3 Å². The Labute approximate surface area is 94.2 Å². The van der Waals surface area contributed by atoms with E-state index in [1.165, 1.54) is 0 Å². The lowest BCUT2D eigenvalue weighted by atomic mass is 9.85. The molecule has 88 valence electrons. The van der Waals surface area contributed by atoms with Gasteiger partial charge < -0.3 is 14.8 Å². The van der Waals surface area contributed by atoms with Crippen molar-refractivity contribution in [2.24, 2.45) is 4.99 Å². The van der Waals surface area contributed by atoms with E-state index in [9.17, 15) is 4.79 Å². The summed E-state index contributed by atoms with van der Waals surface area (Å²) >= 11 is 0. The fourth-order valence-corrected chi connectivity index (χ4v) is 2.77. The third-order valence-electron chi connectivity index (χ3n) is 3.71. The summed E-state index contributed by atoms with van der Waals surface area (Å²) in [6, 6.07) is 0. The molecular weight excluding hydrogens is 208 g/mol. The smallest absolute Gasteiger partial charge is 0.266 e. The van der Waals surface area contributed by atoms with Gasteiger partial charge in [0.1, 0.15) is 5.66 Å². The molecule has 2 heterocycles. The largest absolute Gasteiger partial charge is 0.348 e. The molecule has 0 bridgehead atoms. The maximum absolute atomic E-state index is 11.5. The number of hydrogen-bond donors (Lipinski definition) is 1. The van der Waals surface area contributed by atoms with Gasteiger partial charge in [0.15, 0.2) is 5.79 Å². The van der Waals surface area contributed by atoms with Gasteiger partial charge in [-0.15, -0.1) is 0 Å². The van der Waals surface area contributed by atoms with Crippen LogP contribution in [-0.4, -0.2) is 36.3 Å². The molecular formula is C11H16N2O3. The second-order valence-electron chi connectivity index (χ2n) is 4.79. The van der Waals surface area contributed by atoms with Gasteiger partial charge in [0.25, 0.3) is 5.91 Å². The Morgan fingerprint density at radius 3 is 2.31 bits per heavy atom. The minimum Gasteiger partial charge on any atom is -0.348 e. The third kappa shape index (κ3) is 1.46. The van der Waals surface area contributed by atoms with Gasteiger partial charge in [-0.3, -0.25) is 9.79 Å². The Morgan fingerprint density at radius 1 is 1.19 bits per heavy atom. The van der Waals surface area contributed by atoms with Crippen LogP contribution in [0, 0.1) is 0 Å². The van der Waals surface area contributed by atoms with Gasteiger partial charge >= 0.3 is 0 Å². The molecule has 3 rings (SSSR count). The maximum atomic E-state index is 11.5. The van der Waals surface area contributed by atoms with Crippen molar-refractivity contribution in [2.45, 2.75) is 44.1 Å². The van der Waals surface area contributed by atoms with Crippen LogP contribution in [0.1, 0.15) is 32.6 Å². The van der Waals surface area contributed by atoms with Crippen LogP contribution in [0.5, 0.6) is 0 Å². The first-order valence-electron chi connectivity index (χ1n) is 5.80. The Hall–Kier alpha value is -0.940. The molecule has 1 amide bonds. The molecule has 3 aliphatic rings. The molecule has 2 fully saturated rings. The number of carbonyl (C=O) groups excluding carboxylic acids is 1. The first-order chi connectivity index (χ1) is 7.63. The van der Waals surface area contributed by atoms with Gasteiger partial charge in [-0.05, 0) is 19.8 Å². The summed E-state index contributed by atoms with van der Waals surface area (Å²) in [4.78, 5) is 15.9. The van der Waals surface area contributed by atoms with Crippen molar-refractivity contribution < 1.29 is 14.3 Å². The second-order valence-corrected chi connectivity index (χ2v) is 4.79. The summed E-state index contributed by atoms with van der Waals surface area (Å²) < 4.78 is 11.3. The molecule has 5 nitrogen and oxygen atoms in total. The van der Waals surface area contributed by atoms with Gasteiger partial charge in [0, 0.05) is 12.8 Å². The minimum absolute atomic E-state index is 0.0378. The lowest BCUT2D eigenvalue weighted by molar-refractivity contribution is -0.185. The molecule has 5 heteroatoms. The number of ether oxygens (including phenoxy) is 2. The lowest BCUT2D eigenvalue weighted by Crippen LogP contribution is -2.49. The van der Waals surface area contributed by atoms with E-state index in [-0.39, 0.29) is 17.4 Å². The van der Waals surface area contributed by atoms with Crippen LogP contribution in [0.4, 0.5) is 0 Å². The van der Waals surface area contributed by atoms with Crippen molar-refractivity contribution >= 4 is 11.6 Å². The quantitative estimate of drug-likeness (QED) is 0.655. The average molecular weight is 224 g/mol. The second kappa shape index (κ2) is 3.28. The molecule has 0 aromatic heterocycles. The summed E-state index contributed by atoms with van der Waals surface area (Å²) in [5, 5.41) is 2.97. The van der Waals surface area contributed by atoms with Gasteiger partial charge in [-0.25, -0.2) is 0 Å². The predicted molar refractivity (Wildman–Crippen MR) is 57.1 cm³/mol. The van der Waals surface area contributed by atoms with Crippen LogP contribution in [0.3, 0.4) is 0 Å². The Morgan fingerprint density at radius 2 is 1.81 bits per heavy atom. The van der Waals surface area contributed by atoms with Crippen molar-refractivity contribution in [1.82, 2.24) is 5.32 Å². The molecule has 0 aromatic carbocycles. The molecule has 16 heavy (non-hydrogen) atoms. The highest BCUT2D eigenvalue weighted by Gasteiger charge is 2.48. The van der Waals surface area contributed by atoms with Crippen molar-refractivity contribution in [2.75, 3.05) is 13.2 Å². The fourth-order valence-electron chi connectivity index (χ4n) is 2.77. The highest BCUT2D eigenvalue weighted by atomic mass is 16.7. The lowest BCUT2D eigenvalue weighted by Gasteiger charge is -2.39. The number of hydrogen-bond acceptors (Lipinski definition) is 4. The van der Waals surface area contributed by atoms with Crippen LogP contribution in [0.25, 0.3) is 0 Å². The number of nitrogens with one attached hydrogen (secondary N) is 1. The zero-order chi connectivity index (χ0) is 11.2. The Bertz CT molecular complexity index is 348. The van der Waals surface area contributed by atoms with E-state index in [0.29, 0.717) is 18.9 Å². The molecule has 0 atom stereocenters. The zero-order valence-corrected chi connectivity index (χ0v) is 9.41. The number of carbonyl (C=O) groups is 1. The van der Waals surface area contributed by atoms with Gasteiger partial charge in [0.05, 0.1) is 18.9 Å². The molecule has 1 saturated carbocycles. The topological polar surface area (TPSA) is 59.9 Å². The Balaban J connectivity index is 1.73. The van der Waals surface area contributed by atoms with Crippen LogP contribution < -0.4 is 5.32 Å². The standard InChI is InChI=1S/C11H16N2O3/c1-8-9(14)13-10(12-8)2-4-11(5-3-10)15-6-7-16-11/h2-7H2,1H3,(H,13,14). The van der Waals surface area contributed by atoms with E-state index >= 15 is 0 Å². The Kier molecular flexibility index (Phi) is 2.09. The van der Waals surface area contributed by atoms with Gasteiger partial charge in [-0.1, -0.05) is 0 Å². The molecule has 1 aliphatic carbocycles. The van der Waals surface area contributed by atoms with E-state index in [4.69, 9.17) is 9.47 Å². The monoisotopic (exact) mass is 224 g/mol. The van der Waals surface area contributed by atoms with Crippen LogP contribution in [-0.2, 0) is 14.3 Å². The van der Waals surface area contributed by atoms with Gasteiger partial charge in [0.2, 0.25) is 0 Å². The highest BCUT2D eigenvalue weighted by molar-refractivity contribution is 6.39. The number of aliphatic imine (C=N–C) groups is 1. The number of amides is 1. The van der Waals surface area contributed by atoms with E-state index in [0.717, 1.165) is 25.7 Å². The van der Waals surface area contributed by atoms with E-state index in [1.807, 2.05) is 0 Å². The van der Waals surface area contributed by atoms with Crippen LogP contribution in [0.2, 0.25) is 0 Å². The molecule has 0 aromatic rings. The molecule has 2 spiro atoms. The minimum atomic E-state index is -0.387. The number of nitrogens with zero attached hydrogens (tertiary/aromatic N) is 1.